The Morgan fingerprint density at radius 1 is 0.963 bits per heavy atom. The van der Waals surface area contributed by atoms with Crippen LogP contribution in [0.3, 0.4) is 0 Å². The van der Waals surface area contributed by atoms with E-state index in [1.165, 1.54) is 11.1 Å². The van der Waals surface area contributed by atoms with Gasteiger partial charge in [0.05, 0.1) is 0 Å². The van der Waals surface area contributed by atoms with Gasteiger partial charge in [0.1, 0.15) is 24.7 Å². The fourth-order valence-corrected chi connectivity index (χ4v) is 2.84. The number of carboxylic acid groups (broad SMARTS) is 1. The molecule has 0 fully saturated rings. The lowest BCUT2D eigenvalue weighted by molar-refractivity contribution is -0.131. The Hall–Kier alpha value is -3.27. The fourth-order valence-electron chi connectivity index (χ4n) is 2.84. The molecule has 0 aromatic heterocycles. The minimum atomic E-state index is -0.994. The number of benzene rings is 3. The van der Waals surface area contributed by atoms with Crippen molar-refractivity contribution in [3.05, 3.63) is 77.4 Å². The molecule has 0 aliphatic rings. The topological polar surface area (TPSA) is 55.8 Å². The van der Waals surface area contributed by atoms with Crippen LogP contribution in [0.25, 0.3) is 16.8 Å². The van der Waals surface area contributed by atoms with Crippen LogP contribution in [0.1, 0.15) is 16.7 Å². The second-order valence-electron chi connectivity index (χ2n) is 6.31. The maximum atomic E-state index is 10.9. The Morgan fingerprint density at radius 2 is 1.74 bits per heavy atom. The van der Waals surface area contributed by atoms with Crippen molar-refractivity contribution >= 4 is 22.8 Å². The van der Waals surface area contributed by atoms with Crippen molar-refractivity contribution in [1.29, 1.82) is 0 Å². The Kier molecular flexibility index (Phi) is 5.77. The second-order valence-corrected chi connectivity index (χ2v) is 6.31. The summed E-state index contributed by atoms with van der Waals surface area (Å²) in [5, 5.41) is 10.9. The van der Waals surface area contributed by atoms with E-state index in [1.807, 2.05) is 54.6 Å². The summed E-state index contributed by atoms with van der Waals surface area (Å²) < 4.78 is 11.6. The third-order valence-corrected chi connectivity index (χ3v) is 4.41. The van der Waals surface area contributed by atoms with Crippen molar-refractivity contribution in [2.45, 2.75) is 13.8 Å². The molecule has 0 amide bonds. The first-order valence-electron chi connectivity index (χ1n) is 8.80. The lowest BCUT2D eigenvalue weighted by Crippen LogP contribution is -2.10. The highest BCUT2D eigenvalue weighted by molar-refractivity contribution is 5.96. The van der Waals surface area contributed by atoms with Crippen LogP contribution in [-0.2, 0) is 4.79 Å². The Balaban J connectivity index is 1.73. The van der Waals surface area contributed by atoms with Gasteiger partial charge in [-0.15, -0.1) is 0 Å². The van der Waals surface area contributed by atoms with E-state index in [1.54, 1.807) is 6.08 Å². The van der Waals surface area contributed by atoms with Gasteiger partial charge in [-0.25, -0.2) is 4.79 Å². The van der Waals surface area contributed by atoms with E-state index in [0.29, 0.717) is 19.0 Å². The van der Waals surface area contributed by atoms with Crippen molar-refractivity contribution in [2.75, 3.05) is 13.2 Å². The maximum absolute atomic E-state index is 10.9. The number of rotatable bonds is 7. The molecule has 0 spiro atoms. The predicted molar refractivity (Wildman–Crippen MR) is 108 cm³/mol. The van der Waals surface area contributed by atoms with Gasteiger partial charge in [-0.05, 0) is 60.0 Å². The van der Waals surface area contributed by atoms with E-state index in [9.17, 15) is 4.79 Å². The van der Waals surface area contributed by atoms with E-state index in [0.717, 1.165) is 28.2 Å². The molecule has 4 nitrogen and oxygen atoms in total. The molecule has 1 N–H and O–H groups in total. The van der Waals surface area contributed by atoms with Crippen LogP contribution in [0.2, 0.25) is 0 Å². The van der Waals surface area contributed by atoms with Crippen LogP contribution in [0.4, 0.5) is 0 Å². The van der Waals surface area contributed by atoms with E-state index < -0.39 is 5.97 Å². The minimum absolute atomic E-state index is 0.360. The van der Waals surface area contributed by atoms with Crippen LogP contribution in [-0.4, -0.2) is 24.3 Å². The summed E-state index contributed by atoms with van der Waals surface area (Å²) in [6.07, 6.45) is 2.70. The van der Waals surface area contributed by atoms with E-state index in [2.05, 4.69) is 13.8 Å². The predicted octanol–water partition coefficient (Wildman–Crippen LogP) is 5.01. The summed E-state index contributed by atoms with van der Waals surface area (Å²) >= 11 is 0. The molecular weight excluding hydrogens is 340 g/mol. The van der Waals surface area contributed by atoms with Crippen LogP contribution < -0.4 is 9.47 Å². The van der Waals surface area contributed by atoms with Gasteiger partial charge in [0.15, 0.2) is 0 Å². The molecule has 0 bridgehead atoms. The minimum Gasteiger partial charge on any atom is -0.490 e. The Labute approximate surface area is 158 Å². The normalized spacial score (nSPS) is 11.0. The first kappa shape index (κ1) is 18.5. The molecule has 3 aromatic rings. The molecule has 0 unspecified atom stereocenters. The van der Waals surface area contributed by atoms with Gasteiger partial charge >= 0.3 is 5.97 Å². The molecule has 0 aliphatic carbocycles. The van der Waals surface area contributed by atoms with Gasteiger partial charge < -0.3 is 14.6 Å². The monoisotopic (exact) mass is 362 g/mol. The summed E-state index contributed by atoms with van der Waals surface area (Å²) in [5.41, 5.74) is 3.16. The van der Waals surface area contributed by atoms with Crippen molar-refractivity contribution in [1.82, 2.24) is 0 Å². The van der Waals surface area contributed by atoms with Crippen molar-refractivity contribution in [3.63, 3.8) is 0 Å². The quantitative estimate of drug-likeness (QED) is 0.474. The zero-order valence-corrected chi connectivity index (χ0v) is 15.4. The van der Waals surface area contributed by atoms with Crippen molar-refractivity contribution in [2.24, 2.45) is 0 Å². The molecule has 4 heteroatoms. The molecular formula is C23H22O4. The summed E-state index contributed by atoms with van der Waals surface area (Å²) in [5.74, 6) is 0.452. The highest BCUT2D eigenvalue weighted by Gasteiger charge is 2.07. The molecule has 3 aromatic carbocycles. The fraction of sp³-hybridized carbons (Fsp3) is 0.174. The standard InChI is InChI=1S/C23H22O4/c1-16-7-9-19(15-17(16)2)26-13-14-27-22-11-8-18-5-3-4-6-20(18)21(22)10-12-23(24)25/h3-12,15H,13-14H2,1-2H3,(H,24,25). The zero-order valence-electron chi connectivity index (χ0n) is 15.4. The van der Waals surface area contributed by atoms with Crippen molar-refractivity contribution < 1.29 is 19.4 Å². The van der Waals surface area contributed by atoms with Gasteiger partial charge in [-0.2, -0.15) is 0 Å². The molecule has 0 atom stereocenters. The third kappa shape index (κ3) is 4.67. The molecule has 0 saturated heterocycles. The Bertz CT molecular complexity index is 989. The largest absolute Gasteiger partial charge is 0.490 e. The van der Waals surface area contributed by atoms with Crippen LogP contribution in [0, 0.1) is 13.8 Å². The first-order chi connectivity index (χ1) is 13.0. The molecule has 138 valence electrons. The van der Waals surface area contributed by atoms with Crippen molar-refractivity contribution in [3.8, 4) is 11.5 Å². The van der Waals surface area contributed by atoms with Crippen LogP contribution in [0.15, 0.2) is 60.7 Å². The number of ether oxygens (including phenoxy) is 2. The van der Waals surface area contributed by atoms with Gasteiger partial charge in [0.2, 0.25) is 0 Å². The van der Waals surface area contributed by atoms with Gasteiger partial charge in [0, 0.05) is 11.6 Å². The molecule has 0 radical (unpaired) electrons. The number of aryl methyl sites for hydroxylation is 2. The number of hydrogen-bond acceptors (Lipinski definition) is 3. The van der Waals surface area contributed by atoms with Gasteiger partial charge in [-0.1, -0.05) is 36.4 Å². The molecule has 0 aliphatic heterocycles. The SMILES string of the molecule is Cc1ccc(OCCOc2ccc3ccccc3c2C=CC(=O)O)cc1C. The maximum Gasteiger partial charge on any atom is 0.328 e. The number of hydrogen-bond donors (Lipinski definition) is 1. The molecule has 0 heterocycles. The first-order valence-corrected chi connectivity index (χ1v) is 8.80. The summed E-state index contributed by atoms with van der Waals surface area (Å²) in [6.45, 7) is 4.87. The van der Waals surface area contributed by atoms with E-state index >= 15 is 0 Å². The average Bonchev–Trinajstić information content (AvgIpc) is 2.66. The summed E-state index contributed by atoms with van der Waals surface area (Å²) in [4.78, 5) is 10.9. The summed E-state index contributed by atoms with van der Waals surface area (Å²) in [6, 6.07) is 17.6. The smallest absolute Gasteiger partial charge is 0.328 e. The van der Waals surface area contributed by atoms with Crippen LogP contribution in [0.5, 0.6) is 11.5 Å². The number of fused-ring (bicyclic) bond motifs is 1. The lowest BCUT2D eigenvalue weighted by Gasteiger charge is -2.13. The lowest BCUT2D eigenvalue weighted by atomic mass is 10.0. The molecule has 0 saturated carbocycles. The molecule has 27 heavy (non-hydrogen) atoms. The van der Waals surface area contributed by atoms with E-state index in [4.69, 9.17) is 14.6 Å². The number of aliphatic carboxylic acids is 1. The number of carbonyl (C=O) groups is 1. The summed E-state index contributed by atoms with van der Waals surface area (Å²) in [7, 11) is 0. The zero-order chi connectivity index (χ0) is 19.2. The van der Waals surface area contributed by atoms with E-state index in [-0.39, 0.29) is 0 Å². The van der Waals surface area contributed by atoms with Crippen LogP contribution >= 0.6 is 0 Å². The highest BCUT2D eigenvalue weighted by Crippen LogP contribution is 2.29. The second kappa shape index (κ2) is 8.41. The third-order valence-electron chi connectivity index (χ3n) is 4.41. The Morgan fingerprint density at radius 3 is 2.52 bits per heavy atom. The van der Waals surface area contributed by atoms with Gasteiger partial charge in [-0.3, -0.25) is 0 Å². The molecule has 3 rings (SSSR count). The number of carboxylic acids is 1. The average molecular weight is 362 g/mol. The van der Waals surface area contributed by atoms with Gasteiger partial charge in [0.25, 0.3) is 0 Å². The highest BCUT2D eigenvalue weighted by atomic mass is 16.5.